The van der Waals surface area contributed by atoms with Crippen LogP contribution in [0, 0.1) is 11.7 Å². The Hall–Kier alpha value is -0.840. The first-order chi connectivity index (χ1) is 10.2. The highest BCUT2D eigenvalue weighted by molar-refractivity contribution is 6.32. The molecule has 1 saturated heterocycles. The highest BCUT2D eigenvalue weighted by atomic mass is 35.5. The fourth-order valence-electron chi connectivity index (χ4n) is 3.19. The quantitative estimate of drug-likeness (QED) is 0.903. The molecular weight excluding hydrogens is 291 g/mol. The summed E-state index contributed by atoms with van der Waals surface area (Å²) < 4.78 is 19.6. The van der Waals surface area contributed by atoms with Gasteiger partial charge in [-0.25, -0.2) is 4.39 Å². The normalized spacial score (nSPS) is 21.3. The van der Waals surface area contributed by atoms with E-state index in [1.165, 1.54) is 12.8 Å². The summed E-state index contributed by atoms with van der Waals surface area (Å²) >= 11 is 6.23. The third-order valence-electron chi connectivity index (χ3n) is 4.26. The van der Waals surface area contributed by atoms with Gasteiger partial charge in [0.15, 0.2) is 11.6 Å². The Balaban J connectivity index is 1.88. The number of rotatable bonds is 5. The van der Waals surface area contributed by atoms with Crippen LogP contribution in [0.1, 0.15) is 31.4 Å². The van der Waals surface area contributed by atoms with Gasteiger partial charge >= 0.3 is 0 Å². The molecule has 0 unspecified atom stereocenters. The van der Waals surface area contributed by atoms with Crippen molar-refractivity contribution in [2.45, 2.75) is 25.8 Å². The Morgan fingerprint density at radius 3 is 2.67 bits per heavy atom. The van der Waals surface area contributed by atoms with E-state index in [2.05, 4.69) is 10.2 Å². The molecule has 0 amide bonds. The van der Waals surface area contributed by atoms with Crippen LogP contribution >= 0.6 is 11.6 Å². The second kappa shape index (κ2) is 6.51. The van der Waals surface area contributed by atoms with Crippen LogP contribution in [0.15, 0.2) is 12.1 Å². The van der Waals surface area contributed by atoms with Gasteiger partial charge in [-0.05, 0) is 43.4 Å². The predicted octanol–water partition coefficient (Wildman–Crippen LogP) is 3.23. The lowest BCUT2D eigenvalue weighted by Crippen LogP contribution is -2.45. The van der Waals surface area contributed by atoms with Crippen molar-refractivity contribution in [3.63, 3.8) is 0 Å². The van der Waals surface area contributed by atoms with Crippen LogP contribution in [-0.2, 0) is 0 Å². The number of nitrogens with zero attached hydrogens (tertiary/aromatic N) is 1. The molecule has 5 heteroatoms. The van der Waals surface area contributed by atoms with Gasteiger partial charge in [0.1, 0.15) is 0 Å². The van der Waals surface area contributed by atoms with Crippen LogP contribution in [0.25, 0.3) is 0 Å². The van der Waals surface area contributed by atoms with E-state index in [9.17, 15) is 4.39 Å². The monoisotopic (exact) mass is 312 g/mol. The Morgan fingerprint density at radius 2 is 2.10 bits per heavy atom. The van der Waals surface area contributed by atoms with E-state index in [0.29, 0.717) is 17.5 Å². The Morgan fingerprint density at radius 1 is 1.38 bits per heavy atom. The predicted molar refractivity (Wildman–Crippen MR) is 82.5 cm³/mol. The van der Waals surface area contributed by atoms with Crippen LogP contribution in [0.5, 0.6) is 5.75 Å². The summed E-state index contributed by atoms with van der Waals surface area (Å²) in [6.45, 7) is 6.26. The summed E-state index contributed by atoms with van der Waals surface area (Å²) in [6.07, 6.45) is 2.45. The minimum absolute atomic E-state index is 0.178. The van der Waals surface area contributed by atoms with E-state index >= 15 is 0 Å². The van der Waals surface area contributed by atoms with Gasteiger partial charge < -0.3 is 10.1 Å². The van der Waals surface area contributed by atoms with Crippen molar-refractivity contribution in [2.75, 3.05) is 32.8 Å². The smallest absolute Gasteiger partial charge is 0.173 e. The zero-order valence-corrected chi connectivity index (χ0v) is 13.1. The van der Waals surface area contributed by atoms with Crippen LogP contribution in [0.4, 0.5) is 4.39 Å². The summed E-state index contributed by atoms with van der Waals surface area (Å²) in [5.74, 6) is 0.467. The van der Waals surface area contributed by atoms with Gasteiger partial charge in [-0.2, -0.15) is 0 Å². The van der Waals surface area contributed by atoms with Crippen molar-refractivity contribution in [3.8, 4) is 5.75 Å². The van der Waals surface area contributed by atoms with Gasteiger partial charge in [0.2, 0.25) is 0 Å². The molecule has 1 saturated carbocycles. The summed E-state index contributed by atoms with van der Waals surface area (Å²) in [7, 11) is 0. The third-order valence-corrected chi connectivity index (χ3v) is 4.55. The SMILES string of the molecule is CCOc1c(F)cc([C@H](C2CC2)N2CCNCC2)cc1Cl. The molecule has 21 heavy (non-hydrogen) atoms. The van der Waals surface area contributed by atoms with E-state index < -0.39 is 0 Å². The molecule has 1 aromatic carbocycles. The number of hydrogen-bond acceptors (Lipinski definition) is 3. The van der Waals surface area contributed by atoms with E-state index in [-0.39, 0.29) is 17.6 Å². The standard InChI is InChI=1S/C16H22ClFN2O/c1-2-21-16-13(17)9-12(10-14(16)18)15(11-3-4-11)20-7-5-19-6-8-20/h9-11,15,19H,2-8H2,1H3/t15-/m0/s1. The first-order valence-electron chi connectivity index (χ1n) is 7.77. The fourth-order valence-corrected chi connectivity index (χ4v) is 3.46. The Kier molecular flexibility index (Phi) is 4.67. The lowest BCUT2D eigenvalue weighted by atomic mass is 9.99. The summed E-state index contributed by atoms with van der Waals surface area (Å²) in [5, 5.41) is 3.75. The molecule has 1 heterocycles. The maximum atomic E-state index is 14.3. The zero-order valence-electron chi connectivity index (χ0n) is 12.4. The van der Waals surface area contributed by atoms with Gasteiger partial charge in [-0.15, -0.1) is 0 Å². The number of ether oxygens (including phenoxy) is 1. The molecule has 1 aliphatic carbocycles. The third kappa shape index (κ3) is 3.33. The van der Waals surface area contributed by atoms with Gasteiger partial charge in [0.05, 0.1) is 11.6 Å². The number of nitrogens with one attached hydrogen (secondary N) is 1. The lowest BCUT2D eigenvalue weighted by Gasteiger charge is -2.35. The first kappa shape index (κ1) is 15.1. The number of benzene rings is 1. The van der Waals surface area contributed by atoms with Crippen molar-refractivity contribution in [1.82, 2.24) is 10.2 Å². The van der Waals surface area contributed by atoms with Gasteiger partial charge in [0, 0.05) is 32.2 Å². The van der Waals surface area contributed by atoms with E-state index in [1.54, 1.807) is 6.07 Å². The van der Waals surface area contributed by atoms with E-state index in [1.807, 2.05) is 13.0 Å². The summed E-state index contributed by atoms with van der Waals surface area (Å²) in [5.41, 5.74) is 0.991. The molecule has 1 atom stereocenters. The highest BCUT2D eigenvalue weighted by Gasteiger charge is 2.37. The second-order valence-corrected chi connectivity index (χ2v) is 6.22. The molecule has 2 aliphatic rings. The number of hydrogen-bond donors (Lipinski definition) is 1. The molecule has 1 N–H and O–H groups in total. The van der Waals surface area contributed by atoms with Crippen molar-refractivity contribution in [2.24, 2.45) is 5.92 Å². The lowest BCUT2D eigenvalue weighted by molar-refractivity contribution is 0.156. The Bertz CT molecular complexity index is 478. The second-order valence-electron chi connectivity index (χ2n) is 5.81. The molecule has 0 spiro atoms. The summed E-state index contributed by atoms with van der Waals surface area (Å²) in [4.78, 5) is 2.46. The summed E-state index contributed by atoms with van der Waals surface area (Å²) in [6, 6.07) is 3.79. The minimum Gasteiger partial charge on any atom is -0.489 e. The molecule has 1 aliphatic heterocycles. The fraction of sp³-hybridized carbons (Fsp3) is 0.625. The molecule has 0 aromatic heterocycles. The highest BCUT2D eigenvalue weighted by Crippen LogP contribution is 2.46. The zero-order chi connectivity index (χ0) is 14.8. The maximum absolute atomic E-state index is 14.3. The van der Waals surface area contributed by atoms with Crippen molar-refractivity contribution in [1.29, 1.82) is 0 Å². The van der Waals surface area contributed by atoms with Crippen molar-refractivity contribution in [3.05, 3.63) is 28.5 Å². The van der Waals surface area contributed by atoms with Crippen LogP contribution < -0.4 is 10.1 Å². The minimum atomic E-state index is -0.347. The topological polar surface area (TPSA) is 24.5 Å². The van der Waals surface area contributed by atoms with Gasteiger partial charge in [-0.3, -0.25) is 4.90 Å². The molecule has 0 bridgehead atoms. The van der Waals surface area contributed by atoms with Crippen molar-refractivity contribution < 1.29 is 9.13 Å². The average molecular weight is 313 g/mol. The van der Waals surface area contributed by atoms with Gasteiger partial charge in [0.25, 0.3) is 0 Å². The van der Waals surface area contributed by atoms with Gasteiger partial charge in [-0.1, -0.05) is 11.6 Å². The molecule has 2 fully saturated rings. The average Bonchev–Trinajstić information content (AvgIpc) is 3.29. The van der Waals surface area contributed by atoms with Crippen LogP contribution in [0.2, 0.25) is 5.02 Å². The first-order valence-corrected chi connectivity index (χ1v) is 8.15. The van der Waals surface area contributed by atoms with E-state index in [0.717, 1.165) is 31.7 Å². The number of piperazine rings is 1. The number of halogens is 2. The largest absolute Gasteiger partial charge is 0.489 e. The molecule has 116 valence electrons. The Labute approximate surface area is 130 Å². The molecular formula is C16H22ClFN2O. The molecule has 1 aromatic rings. The van der Waals surface area contributed by atoms with Crippen LogP contribution in [-0.4, -0.2) is 37.7 Å². The van der Waals surface area contributed by atoms with Crippen molar-refractivity contribution >= 4 is 11.6 Å². The molecule has 3 rings (SSSR count). The van der Waals surface area contributed by atoms with E-state index in [4.69, 9.17) is 16.3 Å². The van der Waals surface area contributed by atoms with Crippen LogP contribution in [0.3, 0.4) is 0 Å². The molecule has 3 nitrogen and oxygen atoms in total. The maximum Gasteiger partial charge on any atom is 0.173 e. The molecule has 0 radical (unpaired) electrons.